The molecule has 0 radical (unpaired) electrons. The molecule has 0 aliphatic rings. The third-order valence-corrected chi connectivity index (χ3v) is 6.21. The monoisotopic (exact) mass is 428 g/mol. The van der Waals surface area contributed by atoms with Crippen LogP contribution in [0.4, 0.5) is 5.69 Å². The molecule has 7 nitrogen and oxygen atoms in total. The summed E-state index contributed by atoms with van der Waals surface area (Å²) in [6.45, 7) is 1.78. The molecule has 0 fully saturated rings. The number of nitrogens with one attached hydrogen (secondary N) is 1. The van der Waals surface area contributed by atoms with Crippen LogP contribution in [0.1, 0.15) is 5.56 Å². The van der Waals surface area contributed by atoms with E-state index in [1.54, 1.807) is 43.5 Å². The molecule has 0 saturated heterocycles. The summed E-state index contributed by atoms with van der Waals surface area (Å²) in [4.78, 5) is 8.63. The van der Waals surface area contributed by atoms with Crippen molar-refractivity contribution in [1.29, 1.82) is 0 Å². The van der Waals surface area contributed by atoms with Gasteiger partial charge in [-0.15, -0.1) is 0 Å². The van der Waals surface area contributed by atoms with E-state index in [2.05, 4.69) is 14.7 Å². The average molecular weight is 429 g/mol. The lowest BCUT2D eigenvalue weighted by Crippen LogP contribution is -2.14. The van der Waals surface area contributed by atoms with Crippen LogP contribution in [-0.2, 0) is 10.0 Å². The van der Waals surface area contributed by atoms with Crippen LogP contribution in [0.5, 0.6) is 5.75 Å². The zero-order valence-corrected chi connectivity index (χ0v) is 17.2. The van der Waals surface area contributed by atoms with Crippen LogP contribution in [0.15, 0.2) is 66.0 Å². The maximum atomic E-state index is 12.8. The Morgan fingerprint density at radius 1 is 1.17 bits per heavy atom. The number of halogens is 1. The molecule has 2 aromatic heterocycles. The van der Waals surface area contributed by atoms with E-state index < -0.39 is 10.0 Å². The van der Waals surface area contributed by atoms with Crippen LogP contribution in [0.25, 0.3) is 17.0 Å². The molecule has 148 valence electrons. The van der Waals surface area contributed by atoms with Crippen LogP contribution >= 0.6 is 11.6 Å². The lowest BCUT2D eigenvalue weighted by Gasteiger charge is -2.13. The molecule has 4 aromatic rings. The second kappa shape index (κ2) is 7.38. The third-order valence-electron chi connectivity index (χ3n) is 4.40. The molecule has 0 unspecified atom stereocenters. The Bertz CT molecular complexity index is 1270. The number of aryl methyl sites for hydroxylation is 1. The summed E-state index contributed by atoms with van der Waals surface area (Å²) in [6, 6.07) is 11.7. The number of fused-ring (bicyclic) bond motifs is 1. The Morgan fingerprint density at radius 3 is 2.62 bits per heavy atom. The highest BCUT2D eigenvalue weighted by Gasteiger charge is 2.21. The molecule has 9 heteroatoms. The van der Waals surface area contributed by atoms with Crippen molar-refractivity contribution in [2.45, 2.75) is 11.8 Å². The summed E-state index contributed by atoms with van der Waals surface area (Å²) >= 11 is 6.11. The van der Waals surface area contributed by atoms with E-state index >= 15 is 0 Å². The normalized spacial score (nSPS) is 11.6. The number of anilines is 1. The molecule has 0 atom stereocenters. The molecule has 0 spiro atoms. The van der Waals surface area contributed by atoms with Gasteiger partial charge in [-0.25, -0.2) is 18.4 Å². The second-order valence-electron chi connectivity index (χ2n) is 6.39. The van der Waals surface area contributed by atoms with Gasteiger partial charge in [0.2, 0.25) is 5.78 Å². The van der Waals surface area contributed by atoms with Gasteiger partial charge in [0.15, 0.2) is 0 Å². The van der Waals surface area contributed by atoms with E-state index in [0.717, 1.165) is 16.8 Å². The minimum absolute atomic E-state index is 0.0221. The number of nitrogens with zero attached hydrogens (tertiary/aromatic N) is 3. The van der Waals surface area contributed by atoms with Gasteiger partial charge < -0.3 is 4.74 Å². The Labute approximate surface area is 173 Å². The van der Waals surface area contributed by atoms with Gasteiger partial charge in [0.25, 0.3) is 10.0 Å². The van der Waals surface area contributed by atoms with Crippen LogP contribution in [0.2, 0.25) is 5.02 Å². The molecule has 0 aliphatic carbocycles. The first kappa shape index (κ1) is 19.2. The van der Waals surface area contributed by atoms with E-state index in [4.69, 9.17) is 16.3 Å². The zero-order chi connectivity index (χ0) is 20.6. The number of ether oxygens (including phenoxy) is 1. The fourth-order valence-corrected chi connectivity index (χ4v) is 4.36. The molecule has 0 saturated carbocycles. The fourth-order valence-electron chi connectivity index (χ4n) is 2.89. The smallest absolute Gasteiger partial charge is 0.265 e. The largest absolute Gasteiger partial charge is 0.495 e. The van der Waals surface area contributed by atoms with E-state index in [0.29, 0.717) is 16.5 Å². The van der Waals surface area contributed by atoms with E-state index in [1.807, 2.05) is 22.9 Å². The first-order chi connectivity index (χ1) is 13.9. The van der Waals surface area contributed by atoms with Crippen molar-refractivity contribution in [3.8, 4) is 17.0 Å². The van der Waals surface area contributed by atoms with Crippen molar-refractivity contribution in [3.05, 3.63) is 71.6 Å². The first-order valence-electron chi connectivity index (χ1n) is 8.64. The summed E-state index contributed by atoms with van der Waals surface area (Å²) in [7, 11) is -2.47. The topological polar surface area (TPSA) is 85.6 Å². The van der Waals surface area contributed by atoms with Crippen molar-refractivity contribution in [2.75, 3.05) is 11.8 Å². The first-order valence-corrected chi connectivity index (χ1v) is 10.5. The van der Waals surface area contributed by atoms with Crippen molar-refractivity contribution in [3.63, 3.8) is 0 Å². The lowest BCUT2D eigenvalue weighted by atomic mass is 10.1. The van der Waals surface area contributed by atoms with Gasteiger partial charge in [-0.1, -0.05) is 23.7 Å². The molecule has 2 aromatic carbocycles. The molecule has 1 N–H and O–H groups in total. The highest BCUT2D eigenvalue weighted by molar-refractivity contribution is 7.92. The number of benzene rings is 2. The minimum atomic E-state index is -3.88. The second-order valence-corrected chi connectivity index (χ2v) is 8.45. The fraction of sp³-hybridized carbons (Fsp3) is 0.100. The predicted molar refractivity (Wildman–Crippen MR) is 112 cm³/mol. The van der Waals surface area contributed by atoms with Gasteiger partial charge in [0.05, 0.1) is 12.8 Å². The van der Waals surface area contributed by atoms with Gasteiger partial charge >= 0.3 is 0 Å². The van der Waals surface area contributed by atoms with Crippen LogP contribution in [-0.4, -0.2) is 29.9 Å². The van der Waals surface area contributed by atoms with Crippen molar-refractivity contribution in [1.82, 2.24) is 14.4 Å². The number of rotatable bonds is 5. The van der Waals surface area contributed by atoms with Crippen LogP contribution in [0, 0.1) is 6.92 Å². The van der Waals surface area contributed by atoms with Gasteiger partial charge in [0, 0.05) is 34.9 Å². The SMILES string of the molecule is COc1cc(C)c(Cl)cc1S(=O)(=O)Nc1ccc(-c2cn3cccnc3n2)cc1. The Hall–Kier alpha value is -3.10. The van der Waals surface area contributed by atoms with Gasteiger partial charge in [-0.2, -0.15) is 0 Å². The Morgan fingerprint density at radius 2 is 1.93 bits per heavy atom. The molecule has 4 rings (SSSR count). The number of hydrogen-bond donors (Lipinski definition) is 1. The minimum Gasteiger partial charge on any atom is -0.495 e. The Kier molecular flexibility index (Phi) is 4.89. The zero-order valence-electron chi connectivity index (χ0n) is 15.6. The van der Waals surface area contributed by atoms with Crippen LogP contribution in [0.3, 0.4) is 0 Å². The standard InChI is InChI=1S/C20H17ClN4O3S/c1-13-10-18(28-2)19(11-16(13)21)29(26,27)24-15-6-4-14(5-7-15)17-12-25-9-3-8-22-20(25)23-17/h3-12,24H,1-2H3. The highest BCUT2D eigenvalue weighted by atomic mass is 35.5. The summed E-state index contributed by atoms with van der Waals surface area (Å²) < 4.78 is 35.3. The van der Waals surface area contributed by atoms with Gasteiger partial charge in [-0.05, 0) is 42.8 Å². The maximum Gasteiger partial charge on any atom is 0.265 e. The molecular weight excluding hydrogens is 412 g/mol. The molecule has 2 heterocycles. The lowest BCUT2D eigenvalue weighted by molar-refractivity contribution is 0.402. The van der Waals surface area contributed by atoms with E-state index in [9.17, 15) is 8.42 Å². The molecular formula is C20H17ClN4O3S. The highest BCUT2D eigenvalue weighted by Crippen LogP contribution is 2.31. The van der Waals surface area contributed by atoms with E-state index in [1.165, 1.54) is 13.2 Å². The van der Waals surface area contributed by atoms with Crippen molar-refractivity contribution in [2.24, 2.45) is 0 Å². The van der Waals surface area contributed by atoms with E-state index in [-0.39, 0.29) is 10.6 Å². The molecule has 0 amide bonds. The summed E-state index contributed by atoms with van der Waals surface area (Å²) in [5.74, 6) is 0.823. The third kappa shape index (κ3) is 3.76. The predicted octanol–water partition coefficient (Wildman–Crippen LogP) is 4.17. The number of aromatic nitrogens is 3. The Balaban J connectivity index is 1.62. The maximum absolute atomic E-state index is 12.8. The molecule has 0 bridgehead atoms. The van der Waals surface area contributed by atoms with Crippen molar-refractivity contribution < 1.29 is 13.2 Å². The number of hydrogen-bond acceptors (Lipinski definition) is 5. The summed E-state index contributed by atoms with van der Waals surface area (Å²) in [5.41, 5.74) is 2.72. The quantitative estimate of drug-likeness (QED) is 0.515. The molecule has 0 aliphatic heterocycles. The van der Waals surface area contributed by atoms with Gasteiger partial charge in [-0.3, -0.25) is 9.12 Å². The number of methoxy groups -OCH3 is 1. The average Bonchev–Trinajstić information content (AvgIpc) is 3.14. The van der Waals surface area contributed by atoms with Crippen LogP contribution < -0.4 is 9.46 Å². The number of imidazole rings is 1. The van der Waals surface area contributed by atoms with Crippen molar-refractivity contribution >= 4 is 33.1 Å². The number of sulfonamides is 1. The van der Waals surface area contributed by atoms with Gasteiger partial charge in [0.1, 0.15) is 10.6 Å². The molecule has 29 heavy (non-hydrogen) atoms. The summed E-state index contributed by atoms with van der Waals surface area (Å²) in [6.07, 6.45) is 5.40. The summed E-state index contributed by atoms with van der Waals surface area (Å²) in [5, 5.41) is 0.349.